The number of rotatable bonds is 8. The first kappa shape index (κ1) is 22.4. The van der Waals surface area contributed by atoms with Gasteiger partial charge in [-0.05, 0) is 50.8 Å². The molecule has 9 nitrogen and oxygen atoms in total. The molecular weight excluding hydrogens is 422 g/mol. The Kier molecular flexibility index (Phi) is 6.36. The topological polar surface area (TPSA) is 134 Å². The lowest BCUT2D eigenvalue weighted by Gasteiger charge is -2.14. The number of nitrogens with zero attached hydrogens (tertiary/aromatic N) is 3. The Balaban J connectivity index is 1.52. The van der Waals surface area contributed by atoms with Crippen molar-refractivity contribution in [1.29, 1.82) is 5.26 Å². The Morgan fingerprint density at radius 3 is 2.67 bits per heavy atom. The molecule has 1 saturated carbocycles. The van der Waals surface area contributed by atoms with Gasteiger partial charge in [0.05, 0.1) is 29.6 Å². The van der Waals surface area contributed by atoms with Gasteiger partial charge in [0.25, 0.3) is 5.56 Å². The van der Waals surface area contributed by atoms with Gasteiger partial charge in [-0.15, -0.1) is 0 Å². The largest absolute Gasteiger partial charge is 0.353 e. The van der Waals surface area contributed by atoms with Crippen LogP contribution in [0, 0.1) is 24.2 Å². The number of Topliss-reactive ketones (excluding diaryl/α,β-unsaturated/α-hetero) is 1. The third-order valence-electron chi connectivity index (χ3n) is 6.02. The summed E-state index contributed by atoms with van der Waals surface area (Å²) >= 11 is 0. The van der Waals surface area contributed by atoms with Gasteiger partial charge in [-0.25, -0.2) is 4.98 Å². The maximum atomic E-state index is 12.8. The zero-order valence-corrected chi connectivity index (χ0v) is 18.4. The molecule has 0 radical (unpaired) electrons. The fourth-order valence-electron chi connectivity index (χ4n) is 3.96. The monoisotopic (exact) mass is 447 g/mol. The van der Waals surface area contributed by atoms with Gasteiger partial charge in [0.15, 0.2) is 5.78 Å². The second-order valence-corrected chi connectivity index (χ2v) is 8.63. The lowest BCUT2D eigenvalue weighted by atomic mass is 10.1. The molecule has 1 aliphatic heterocycles. The van der Waals surface area contributed by atoms with Crippen molar-refractivity contribution < 1.29 is 14.4 Å². The number of nitriles is 1. The highest BCUT2D eigenvalue weighted by Crippen LogP contribution is 2.33. The average Bonchev–Trinajstić information content (AvgIpc) is 3.56. The second-order valence-electron chi connectivity index (χ2n) is 8.63. The van der Waals surface area contributed by atoms with E-state index in [1.54, 1.807) is 25.1 Å². The quantitative estimate of drug-likeness (QED) is 0.636. The molecule has 9 heteroatoms. The zero-order valence-electron chi connectivity index (χ0n) is 18.4. The van der Waals surface area contributed by atoms with Crippen molar-refractivity contribution in [2.75, 3.05) is 5.32 Å². The molecule has 33 heavy (non-hydrogen) atoms. The number of hydrogen-bond donors (Lipinski definition) is 2. The van der Waals surface area contributed by atoms with Crippen molar-refractivity contribution in [1.82, 2.24) is 14.9 Å². The molecule has 1 aliphatic carbocycles. The normalized spacial score (nSPS) is 17.3. The number of amides is 2. The van der Waals surface area contributed by atoms with Crippen LogP contribution in [0.15, 0.2) is 29.1 Å². The van der Waals surface area contributed by atoms with Gasteiger partial charge >= 0.3 is 0 Å². The highest BCUT2D eigenvalue weighted by Gasteiger charge is 2.30. The summed E-state index contributed by atoms with van der Waals surface area (Å²) < 4.78 is 1.32. The molecule has 2 aliphatic rings. The molecule has 2 aromatic rings. The SMILES string of the molecule is Cc1nc(-c2ccc(C#N)cc2NC(=O)C2CC2)cc(=O)n1CC(=O)CCC1CCC(=O)N1. The Labute approximate surface area is 190 Å². The number of anilines is 1. The Bertz CT molecular complexity index is 1220. The van der Waals surface area contributed by atoms with Crippen LogP contribution in [0.4, 0.5) is 5.69 Å². The number of carbonyl (C=O) groups excluding carboxylic acids is 3. The highest BCUT2D eigenvalue weighted by atomic mass is 16.2. The van der Waals surface area contributed by atoms with E-state index < -0.39 is 0 Å². The number of carbonyl (C=O) groups is 3. The van der Waals surface area contributed by atoms with Crippen LogP contribution in [0.1, 0.15) is 49.9 Å². The van der Waals surface area contributed by atoms with Crippen molar-refractivity contribution in [2.45, 2.75) is 58.0 Å². The van der Waals surface area contributed by atoms with E-state index in [1.165, 1.54) is 10.6 Å². The highest BCUT2D eigenvalue weighted by molar-refractivity contribution is 5.97. The summed E-state index contributed by atoms with van der Waals surface area (Å²) in [7, 11) is 0. The third kappa shape index (κ3) is 5.34. The molecule has 1 saturated heterocycles. The van der Waals surface area contributed by atoms with E-state index in [1.807, 2.05) is 0 Å². The van der Waals surface area contributed by atoms with Crippen molar-refractivity contribution in [2.24, 2.45) is 5.92 Å². The lowest BCUT2D eigenvalue weighted by molar-refractivity contribution is -0.121. The number of aryl methyl sites for hydroxylation is 1. The molecule has 2 heterocycles. The minimum Gasteiger partial charge on any atom is -0.353 e. The van der Waals surface area contributed by atoms with Crippen molar-refractivity contribution >= 4 is 23.3 Å². The molecule has 170 valence electrons. The fourth-order valence-corrected chi connectivity index (χ4v) is 3.96. The van der Waals surface area contributed by atoms with Crippen LogP contribution in [0.3, 0.4) is 0 Å². The Hall–Kier alpha value is -3.80. The van der Waals surface area contributed by atoms with Gasteiger partial charge in [0, 0.05) is 36.4 Å². The van der Waals surface area contributed by atoms with E-state index >= 15 is 0 Å². The average molecular weight is 447 g/mol. The van der Waals surface area contributed by atoms with Crippen LogP contribution in [0.25, 0.3) is 11.3 Å². The molecular formula is C24H25N5O4. The number of benzene rings is 1. The minimum atomic E-state index is -0.371. The summed E-state index contributed by atoms with van der Waals surface area (Å²) in [5.74, 6) is 0.153. The summed E-state index contributed by atoms with van der Waals surface area (Å²) in [6.07, 6.45) is 3.72. The summed E-state index contributed by atoms with van der Waals surface area (Å²) in [5.41, 5.74) is 1.36. The van der Waals surface area contributed by atoms with Gasteiger partial charge < -0.3 is 10.6 Å². The van der Waals surface area contributed by atoms with E-state index in [0.29, 0.717) is 41.2 Å². The first-order valence-corrected chi connectivity index (χ1v) is 11.1. The van der Waals surface area contributed by atoms with Gasteiger partial charge in [-0.3, -0.25) is 23.7 Å². The van der Waals surface area contributed by atoms with Crippen LogP contribution in [0.2, 0.25) is 0 Å². The van der Waals surface area contributed by atoms with Crippen LogP contribution in [0.5, 0.6) is 0 Å². The van der Waals surface area contributed by atoms with Gasteiger partial charge in [-0.1, -0.05) is 0 Å². The van der Waals surface area contributed by atoms with Gasteiger partial charge in [0.2, 0.25) is 11.8 Å². The number of ketones is 1. The molecule has 1 aromatic carbocycles. The molecule has 1 unspecified atom stereocenters. The number of nitrogens with one attached hydrogen (secondary N) is 2. The number of aromatic nitrogens is 2. The Morgan fingerprint density at radius 1 is 1.24 bits per heavy atom. The first-order chi connectivity index (χ1) is 15.8. The van der Waals surface area contributed by atoms with E-state index in [-0.39, 0.29) is 48.1 Å². The molecule has 0 spiro atoms. The maximum Gasteiger partial charge on any atom is 0.254 e. The Morgan fingerprint density at radius 2 is 2.03 bits per heavy atom. The van der Waals surface area contributed by atoms with Crippen LogP contribution < -0.4 is 16.2 Å². The fraction of sp³-hybridized carbons (Fsp3) is 0.417. The molecule has 4 rings (SSSR count). The third-order valence-corrected chi connectivity index (χ3v) is 6.02. The minimum absolute atomic E-state index is 0.00907. The first-order valence-electron chi connectivity index (χ1n) is 11.1. The summed E-state index contributed by atoms with van der Waals surface area (Å²) in [6.45, 7) is 1.57. The molecule has 2 fully saturated rings. The standard InChI is InChI=1S/C24H25N5O4/c1-14-26-21(19-8-2-15(12-25)10-20(19)28-24(33)16-3-4-16)11-23(32)29(14)13-18(30)7-5-17-6-9-22(31)27-17/h2,8,10-11,16-17H,3-7,9,13H2,1H3,(H,27,31)(H,28,33). The number of hydrogen-bond acceptors (Lipinski definition) is 6. The van der Waals surface area contributed by atoms with Gasteiger partial charge in [-0.2, -0.15) is 5.26 Å². The van der Waals surface area contributed by atoms with Crippen molar-refractivity contribution in [3.8, 4) is 17.3 Å². The maximum absolute atomic E-state index is 12.8. The molecule has 1 atom stereocenters. The van der Waals surface area contributed by atoms with E-state index in [2.05, 4.69) is 21.7 Å². The predicted octanol–water partition coefficient (Wildman–Crippen LogP) is 2.07. The van der Waals surface area contributed by atoms with E-state index in [9.17, 15) is 24.4 Å². The molecule has 2 amide bonds. The van der Waals surface area contributed by atoms with Crippen molar-refractivity contribution in [3.63, 3.8) is 0 Å². The summed E-state index contributed by atoms with van der Waals surface area (Å²) in [6, 6.07) is 8.25. The second kappa shape index (κ2) is 9.36. The molecule has 1 aromatic heterocycles. The smallest absolute Gasteiger partial charge is 0.254 e. The van der Waals surface area contributed by atoms with Crippen LogP contribution in [-0.4, -0.2) is 33.2 Å². The predicted molar refractivity (Wildman–Crippen MR) is 120 cm³/mol. The van der Waals surface area contributed by atoms with Crippen LogP contribution in [-0.2, 0) is 20.9 Å². The lowest BCUT2D eigenvalue weighted by Crippen LogP contribution is -2.29. The summed E-state index contributed by atoms with van der Waals surface area (Å²) in [5, 5.41) is 14.9. The molecule has 0 bridgehead atoms. The van der Waals surface area contributed by atoms with Gasteiger partial charge in [0.1, 0.15) is 5.82 Å². The summed E-state index contributed by atoms with van der Waals surface area (Å²) in [4.78, 5) is 53.4. The van der Waals surface area contributed by atoms with E-state index in [4.69, 9.17) is 0 Å². The molecule has 2 N–H and O–H groups in total. The van der Waals surface area contributed by atoms with Crippen molar-refractivity contribution in [3.05, 3.63) is 46.0 Å². The van der Waals surface area contributed by atoms with E-state index in [0.717, 1.165) is 19.3 Å². The van der Waals surface area contributed by atoms with Crippen LogP contribution >= 0.6 is 0 Å². The zero-order chi connectivity index (χ0) is 23.5.